The number of nitrogens with two attached hydrogens (primary N) is 1. The molecular weight excluding hydrogens is 311 g/mol. The third-order valence-electron chi connectivity index (χ3n) is 3.80. The SMILES string of the molecule is CC1CCCN(C(=O)c2cccc(F)c2Br)C1CN. The summed E-state index contributed by atoms with van der Waals surface area (Å²) in [6.07, 6.45) is 2.05. The predicted molar refractivity (Wildman–Crippen MR) is 76.4 cm³/mol. The van der Waals surface area contributed by atoms with Crippen molar-refractivity contribution < 1.29 is 9.18 Å². The number of halogens is 2. The van der Waals surface area contributed by atoms with Crippen LogP contribution in [0.25, 0.3) is 0 Å². The number of nitrogens with zero attached hydrogens (tertiary/aromatic N) is 1. The summed E-state index contributed by atoms with van der Waals surface area (Å²) in [4.78, 5) is 14.3. The summed E-state index contributed by atoms with van der Waals surface area (Å²) < 4.78 is 13.8. The molecule has 2 N–H and O–H groups in total. The Morgan fingerprint density at radius 1 is 1.58 bits per heavy atom. The van der Waals surface area contributed by atoms with E-state index in [4.69, 9.17) is 5.73 Å². The van der Waals surface area contributed by atoms with Gasteiger partial charge in [-0.05, 0) is 46.8 Å². The molecule has 5 heteroatoms. The second-order valence-corrected chi connectivity index (χ2v) is 5.82. The van der Waals surface area contributed by atoms with Crippen molar-refractivity contribution in [3.8, 4) is 0 Å². The Morgan fingerprint density at radius 2 is 2.32 bits per heavy atom. The van der Waals surface area contributed by atoms with Gasteiger partial charge >= 0.3 is 0 Å². The van der Waals surface area contributed by atoms with Crippen LogP contribution in [-0.2, 0) is 0 Å². The van der Waals surface area contributed by atoms with E-state index in [0.717, 1.165) is 12.8 Å². The molecule has 1 aromatic carbocycles. The standard InChI is InChI=1S/C14H18BrFN2O/c1-9-4-3-7-18(12(9)8-17)14(19)10-5-2-6-11(16)13(10)15/h2,5-6,9,12H,3-4,7-8,17H2,1H3. The Morgan fingerprint density at radius 3 is 3.00 bits per heavy atom. The molecule has 1 fully saturated rings. The van der Waals surface area contributed by atoms with E-state index in [9.17, 15) is 9.18 Å². The molecule has 0 aromatic heterocycles. The van der Waals surface area contributed by atoms with Crippen LogP contribution in [0.3, 0.4) is 0 Å². The van der Waals surface area contributed by atoms with Crippen LogP contribution < -0.4 is 5.73 Å². The van der Waals surface area contributed by atoms with Gasteiger partial charge in [0.15, 0.2) is 0 Å². The van der Waals surface area contributed by atoms with Crippen LogP contribution >= 0.6 is 15.9 Å². The van der Waals surface area contributed by atoms with Crippen molar-refractivity contribution in [2.24, 2.45) is 11.7 Å². The smallest absolute Gasteiger partial charge is 0.255 e. The summed E-state index contributed by atoms with van der Waals surface area (Å²) in [5, 5.41) is 0. The van der Waals surface area contributed by atoms with Crippen molar-refractivity contribution in [3.63, 3.8) is 0 Å². The van der Waals surface area contributed by atoms with Crippen molar-refractivity contribution in [2.75, 3.05) is 13.1 Å². The summed E-state index contributed by atoms with van der Waals surface area (Å²) in [6, 6.07) is 4.57. The first-order valence-electron chi connectivity index (χ1n) is 6.51. The molecule has 1 amide bonds. The van der Waals surface area contributed by atoms with Gasteiger partial charge in [-0.25, -0.2) is 4.39 Å². The van der Waals surface area contributed by atoms with Gasteiger partial charge < -0.3 is 10.6 Å². The molecule has 0 aliphatic carbocycles. The average Bonchev–Trinajstić information content (AvgIpc) is 2.41. The zero-order chi connectivity index (χ0) is 14.0. The fourth-order valence-corrected chi connectivity index (χ4v) is 3.12. The number of likely N-dealkylation sites (tertiary alicyclic amines) is 1. The highest BCUT2D eigenvalue weighted by Crippen LogP contribution is 2.27. The summed E-state index contributed by atoms with van der Waals surface area (Å²) in [6.45, 7) is 3.24. The number of piperidine rings is 1. The average molecular weight is 329 g/mol. The normalized spacial score (nSPS) is 23.5. The predicted octanol–water partition coefficient (Wildman–Crippen LogP) is 2.79. The molecule has 19 heavy (non-hydrogen) atoms. The van der Waals surface area contributed by atoms with Gasteiger partial charge in [0.05, 0.1) is 10.0 Å². The first kappa shape index (κ1) is 14.5. The van der Waals surface area contributed by atoms with Gasteiger partial charge in [0.25, 0.3) is 5.91 Å². The van der Waals surface area contributed by atoms with E-state index in [2.05, 4.69) is 22.9 Å². The molecule has 0 radical (unpaired) electrons. The minimum Gasteiger partial charge on any atom is -0.334 e. The van der Waals surface area contributed by atoms with Crippen LogP contribution in [0, 0.1) is 11.7 Å². The van der Waals surface area contributed by atoms with E-state index in [1.54, 1.807) is 17.0 Å². The molecule has 104 valence electrons. The second kappa shape index (κ2) is 6.01. The Hall–Kier alpha value is -0.940. The van der Waals surface area contributed by atoms with E-state index >= 15 is 0 Å². The molecule has 1 heterocycles. The summed E-state index contributed by atoms with van der Waals surface area (Å²) in [5.74, 6) is -0.177. The van der Waals surface area contributed by atoms with Gasteiger partial charge in [0, 0.05) is 19.1 Å². The highest BCUT2D eigenvalue weighted by Gasteiger charge is 2.32. The summed E-state index contributed by atoms with van der Waals surface area (Å²) in [5.41, 5.74) is 6.16. The van der Waals surface area contributed by atoms with Gasteiger partial charge in [0.2, 0.25) is 0 Å². The van der Waals surface area contributed by atoms with Crippen molar-refractivity contribution in [1.82, 2.24) is 4.90 Å². The Labute approximate surface area is 121 Å². The molecule has 1 saturated heterocycles. The van der Waals surface area contributed by atoms with Crippen LogP contribution in [0.4, 0.5) is 4.39 Å². The fraction of sp³-hybridized carbons (Fsp3) is 0.500. The largest absolute Gasteiger partial charge is 0.334 e. The van der Waals surface area contributed by atoms with Crippen LogP contribution in [-0.4, -0.2) is 29.9 Å². The minimum atomic E-state index is -0.416. The van der Waals surface area contributed by atoms with E-state index in [0.29, 0.717) is 24.6 Å². The number of hydrogen-bond acceptors (Lipinski definition) is 2. The molecule has 0 bridgehead atoms. The molecule has 1 aromatic rings. The first-order valence-corrected chi connectivity index (χ1v) is 7.30. The maximum atomic E-state index is 13.5. The third kappa shape index (κ3) is 2.82. The highest BCUT2D eigenvalue weighted by atomic mass is 79.9. The number of benzene rings is 1. The van der Waals surface area contributed by atoms with E-state index in [-0.39, 0.29) is 16.4 Å². The van der Waals surface area contributed by atoms with Gasteiger partial charge in [-0.2, -0.15) is 0 Å². The number of rotatable bonds is 2. The van der Waals surface area contributed by atoms with Crippen molar-refractivity contribution in [1.29, 1.82) is 0 Å². The molecule has 0 spiro atoms. The van der Waals surface area contributed by atoms with Crippen LogP contribution in [0.2, 0.25) is 0 Å². The maximum Gasteiger partial charge on any atom is 0.255 e. The van der Waals surface area contributed by atoms with E-state index in [1.807, 2.05) is 0 Å². The van der Waals surface area contributed by atoms with Gasteiger partial charge in [0.1, 0.15) is 5.82 Å². The number of amides is 1. The highest BCUT2D eigenvalue weighted by molar-refractivity contribution is 9.10. The number of carbonyl (C=O) groups excluding carboxylic acids is 1. The minimum absolute atomic E-state index is 0.0383. The fourth-order valence-electron chi connectivity index (χ4n) is 2.68. The quantitative estimate of drug-likeness (QED) is 0.907. The Balaban J connectivity index is 2.29. The lowest BCUT2D eigenvalue weighted by atomic mass is 9.90. The van der Waals surface area contributed by atoms with Gasteiger partial charge in [-0.15, -0.1) is 0 Å². The Kier molecular flexibility index (Phi) is 4.58. The number of hydrogen-bond donors (Lipinski definition) is 1. The lowest BCUT2D eigenvalue weighted by molar-refractivity contribution is 0.0531. The molecule has 0 saturated carbocycles. The lowest BCUT2D eigenvalue weighted by Crippen LogP contribution is -2.51. The Bertz CT molecular complexity index is 481. The summed E-state index contributed by atoms with van der Waals surface area (Å²) in [7, 11) is 0. The van der Waals surface area contributed by atoms with E-state index < -0.39 is 5.82 Å². The molecule has 2 atom stereocenters. The number of carbonyl (C=O) groups is 1. The van der Waals surface area contributed by atoms with Gasteiger partial charge in [-0.3, -0.25) is 4.79 Å². The maximum absolute atomic E-state index is 13.5. The van der Waals surface area contributed by atoms with Gasteiger partial charge in [-0.1, -0.05) is 13.0 Å². The first-order chi connectivity index (χ1) is 9.06. The molecule has 1 aliphatic heterocycles. The van der Waals surface area contributed by atoms with Crippen LogP contribution in [0.15, 0.2) is 22.7 Å². The van der Waals surface area contributed by atoms with Crippen molar-refractivity contribution >= 4 is 21.8 Å². The molecular formula is C14H18BrFN2O. The molecule has 2 rings (SSSR count). The lowest BCUT2D eigenvalue weighted by Gasteiger charge is -2.39. The van der Waals surface area contributed by atoms with Crippen molar-refractivity contribution in [3.05, 3.63) is 34.1 Å². The monoisotopic (exact) mass is 328 g/mol. The third-order valence-corrected chi connectivity index (χ3v) is 4.61. The molecule has 3 nitrogen and oxygen atoms in total. The zero-order valence-corrected chi connectivity index (χ0v) is 12.5. The van der Waals surface area contributed by atoms with Crippen molar-refractivity contribution in [2.45, 2.75) is 25.8 Å². The van der Waals surface area contributed by atoms with E-state index in [1.165, 1.54) is 6.07 Å². The zero-order valence-electron chi connectivity index (χ0n) is 10.9. The van der Waals surface area contributed by atoms with Crippen LogP contribution in [0.1, 0.15) is 30.1 Å². The summed E-state index contributed by atoms with van der Waals surface area (Å²) >= 11 is 3.15. The second-order valence-electron chi connectivity index (χ2n) is 5.02. The molecule has 2 unspecified atom stereocenters. The topological polar surface area (TPSA) is 46.3 Å². The van der Waals surface area contributed by atoms with Crippen LogP contribution in [0.5, 0.6) is 0 Å². The molecule has 1 aliphatic rings.